The number of likely N-dealkylation sites (N-methyl/N-ethyl adjacent to an activating group) is 1. The molecule has 0 radical (unpaired) electrons. The zero-order valence-corrected chi connectivity index (χ0v) is 14.0. The van der Waals surface area contributed by atoms with Crippen molar-refractivity contribution in [1.82, 2.24) is 10.6 Å². The summed E-state index contributed by atoms with van der Waals surface area (Å²) in [4.78, 5) is 12.0. The van der Waals surface area contributed by atoms with E-state index in [0.717, 1.165) is 0 Å². The van der Waals surface area contributed by atoms with Crippen LogP contribution in [-0.4, -0.2) is 19.0 Å². The first-order valence-corrected chi connectivity index (χ1v) is 7.58. The van der Waals surface area contributed by atoms with Crippen LogP contribution >= 0.6 is 0 Å². The van der Waals surface area contributed by atoms with Crippen molar-refractivity contribution in [1.29, 1.82) is 0 Å². The lowest BCUT2D eigenvalue weighted by Crippen LogP contribution is -2.43. The van der Waals surface area contributed by atoms with Crippen LogP contribution in [0.5, 0.6) is 0 Å². The van der Waals surface area contributed by atoms with Crippen molar-refractivity contribution in [2.24, 2.45) is 5.92 Å². The second-order valence-corrected chi connectivity index (χ2v) is 6.10. The Labute approximate surface area is 141 Å². The number of carbonyl (C=O) groups is 1. The van der Waals surface area contributed by atoms with Gasteiger partial charge in [0.2, 0.25) is 5.91 Å². The third-order valence-corrected chi connectivity index (χ3v) is 3.49. The van der Waals surface area contributed by atoms with Gasteiger partial charge in [-0.05, 0) is 43.1 Å². The first-order valence-electron chi connectivity index (χ1n) is 7.58. The molecule has 0 aliphatic carbocycles. The van der Waals surface area contributed by atoms with Gasteiger partial charge >= 0.3 is 12.4 Å². The number of amides is 1. The van der Waals surface area contributed by atoms with Crippen molar-refractivity contribution in [2.75, 3.05) is 7.05 Å². The molecule has 1 amide bonds. The second-order valence-electron chi connectivity index (χ2n) is 6.10. The Morgan fingerprint density at radius 3 is 1.84 bits per heavy atom. The lowest BCUT2D eigenvalue weighted by molar-refractivity contribution is -0.143. The molecule has 142 valence electrons. The monoisotopic (exact) mass is 370 g/mol. The van der Waals surface area contributed by atoms with E-state index < -0.39 is 42.0 Å². The van der Waals surface area contributed by atoms with Gasteiger partial charge in [-0.2, -0.15) is 26.3 Å². The van der Waals surface area contributed by atoms with Crippen LogP contribution in [0.3, 0.4) is 0 Å². The molecular formula is C16H20F6N2O. The summed E-state index contributed by atoms with van der Waals surface area (Å²) in [5.41, 5.74) is -3.08. The third kappa shape index (κ3) is 6.56. The molecule has 0 fully saturated rings. The maximum atomic E-state index is 12.8. The molecule has 0 spiro atoms. The molecule has 1 aromatic carbocycles. The molecule has 25 heavy (non-hydrogen) atoms. The van der Waals surface area contributed by atoms with Gasteiger partial charge in [-0.15, -0.1) is 0 Å². The van der Waals surface area contributed by atoms with E-state index in [2.05, 4.69) is 10.6 Å². The largest absolute Gasteiger partial charge is 0.416 e. The smallest absolute Gasteiger partial charge is 0.351 e. The molecule has 1 rings (SSSR count). The summed E-state index contributed by atoms with van der Waals surface area (Å²) in [5, 5.41) is 5.15. The Kier molecular flexibility index (Phi) is 6.87. The maximum absolute atomic E-state index is 12.8. The summed E-state index contributed by atoms with van der Waals surface area (Å²) >= 11 is 0. The lowest BCUT2D eigenvalue weighted by atomic mass is 10.0. The summed E-state index contributed by atoms with van der Waals surface area (Å²) in [5.74, 6) is -0.296. The zero-order valence-electron chi connectivity index (χ0n) is 14.0. The number of carbonyl (C=O) groups excluding carboxylic acids is 1. The van der Waals surface area contributed by atoms with Crippen molar-refractivity contribution >= 4 is 5.91 Å². The van der Waals surface area contributed by atoms with E-state index in [1.54, 1.807) is 7.05 Å². The van der Waals surface area contributed by atoms with Crippen molar-refractivity contribution in [3.05, 3.63) is 34.9 Å². The topological polar surface area (TPSA) is 41.1 Å². The minimum absolute atomic E-state index is 0.0560. The van der Waals surface area contributed by atoms with Crippen molar-refractivity contribution in [3.8, 4) is 0 Å². The molecule has 0 heterocycles. The fourth-order valence-corrected chi connectivity index (χ4v) is 2.26. The van der Waals surface area contributed by atoms with E-state index in [9.17, 15) is 31.1 Å². The quantitative estimate of drug-likeness (QED) is 0.744. The average Bonchev–Trinajstić information content (AvgIpc) is 2.48. The predicted molar refractivity (Wildman–Crippen MR) is 80.6 cm³/mol. The van der Waals surface area contributed by atoms with Crippen LogP contribution in [0.15, 0.2) is 18.2 Å². The van der Waals surface area contributed by atoms with Crippen LogP contribution in [0.25, 0.3) is 0 Å². The molecule has 0 aliphatic heterocycles. The Balaban J connectivity index is 2.99. The van der Waals surface area contributed by atoms with Crippen LogP contribution < -0.4 is 10.6 Å². The molecule has 0 saturated heterocycles. The number of halogens is 6. The first kappa shape index (κ1) is 21.3. The van der Waals surface area contributed by atoms with Gasteiger partial charge in [0.15, 0.2) is 0 Å². The maximum Gasteiger partial charge on any atom is 0.416 e. The van der Waals surface area contributed by atoms with E-state index >= 15 is 0 Å². The van der Waals surface area contributed by atoms with Crippen molar-refractivity contribution < 1.29 is 31.1 Å². The molecule has 1 atom stereocenters. The highest BCUT2D eigenvalue weighted by molar-refractivity contribution is 5.81. The normalized spacial score (nSPS) is 13.8. The Morgan fingerprint density at radius 2 is 1.48 bits per heavy atom. The number of hydrogen-bond donors (Lipinski definition) is 2. The second kappa shape index (κ2) is 8.07. The number of benzene rings is 1. The van der Waals surface area contributed by atoms with Gasteiger partial charge in [-0.3, -0.25) is 4.79 Å². The van der Waals surface area contributed by atoms with Gasteiger partial charge in [0, 0.05) is 6.54 Å². The number of nitrogens with one attached hydrogen (secondary N) is 2. The Morgan fingerprint density at radius 1 is 1.00 bits per heavy atom. The Hall–Kier alpha value is -1.77. The van der Waals surface area contributed by atoms with E-state index in [-0.39, 0.29) is 17.5 Å². The summed E-state index contributed by atoms with van der Waals surface area (Å²) in [6.07, 6.45) is -9.34. The van der Waals surface area contributed by atoms with E-state index in [4.69, 9.17) is 0 Å². The molecule has 1 aromatic rings. The summed E-state index contributed by atoms with van der Waals surface area (Å²) < 4.78 is 76.8. The van der Waals surface area contributed by atoms with E-state index in [1.807, 2.05) is 13.8 Å². The molecule has 1 unspecified atom stereocenters. The van der Waals surface area contributed by atoms with Crippen molar-refractivity contribution in [2.45, 2.75) is 45.2 Å². The highest BCUT2D eigenvalue weighted by atomic mass is 19.4. The van der Waals surface area contributed by atoms with Gasteiger partial charge in [-0.25, -0.2) is 0 Å². The Bertz CT molecular complexity index is 563. The van der Waals surface area contributed by atoms with Gasteiger partial charge in [-0.1, -0.05) is 13.8 Å². The SMILES string of the molecule is CNC(CC(C)C)C(=O)NCc1cc(C(F)(F)F)cc(C(F)(F)F)c1. The molecule has 0 aromatic heterocycles. The fourth-order valence-electron chi connectivity index (χ4n) is 2.26. The van der Waals surface area contributed by atoms with Crippen LogP contribution in [-0.2, 0) is 23.7 Å². The summed E-state index contributed by atoms with van der Waals surface area (Å²) in [7, 11) is 1.55. The van der Waals surface area contributed by atoms with E-state index in [1.165, 1.54) is 0 Å². The van der Waals surface area contributed by atoms with Gasteiger partial charge in [0.1, 0.15) is 0 Å². The average molecular weight is 370 g/mol. The molecule has 0 aliphatic rings. The molecular weight excluding hydrogens is 350 g/mol. The fraction of sp³-hybridized carbons (Fsp3) is 0.562. The predicted octanol–water partition coefficient (Wildman–Crippen LogP) is 3.97. The standard InChI is InChI=1S/C16H20F6N2O/c1-9(2)4-13(23-3)14(25)24-8-10-5-11(15(17,18)19)7-12(6-10)16(20,21)22/h5-7,9,13,23H,4,8H2,1-3H3,(H,24,25). The van der Waals surface area contributed by atoms with Gasteiger partial charge < -0.3 is 10.6 Å². The minimum Gasteiger partial charge on any atom is -0.351 e. The number of rotatable bonds is 6. The van der Waals surface area contributed by atoms with Gasteiger partial charge in [0.05, 0.1) is 17.2 Å². The van der Waals surface area contributed by atoms with E-state index in [0.29, 0.717) is 18.6 Å². The highest BCUT2D eigenvalue weighted by Gasteiger charge is 2.36. The van der Waals surface area contributed by atoms with Crippen LogP contribution in [0.4, 0.5) is 26.3 Å². The number of hydrogen-bond acceptors (Lipinski definition) is 2. The molecule has 2 N–H and O–H groups in total. The minimum atomic E-state index is -4.91. The highest BCUT2D eigenvalue weighted by Crippen LogP contribution is 2.36. The van der Waals surface area contributed by atoms with Crippen molar-refractivity contribution in [3.63, 3.8) is 0 Å². The summed E-state index contributed by atoms with van der Waals surface area (Å²) in [6.45, 7) is 3.35. The first-order chi connectivity index (χ1) is 11.3. The van der Waals surface area contributed by atoms with Crippen LogP contribution in [0, 0.1) is 5.92 Å². The van der Waals surface area contributed by atoms with Crippen LogP contribution in [0.2, 0.25) is 0 Å². The van der Waals surface area contributed by atoms with Gasteiger partial charge in [0.25, 0.3) is 0 Å². The molecule has 3 nitrogen and oxygen atoms in total. The molecule has 0 saturated carbocycles. The third-order valence-electron chi connectivity index (χ3n) is 3.49. The molecule has 0 bridgehead atoms. The zero-order chi connectivity index (χ0) is 19.4. The number of alkyl halides is 6. The lowest BCUT2D eigenvalue weighted by Gasteiger charge is -2.19. The molecule has 9 heteroatoms. The summed E-state index contributed by atoms with van der Waals surface area (Å²) in [6, 6.07) is 0.687. The van der Waals surface area contributed by atoms with Crippen LogP contribution in [0.1, 0.15) is 37.0 Å².